The maximum atomic E-state index is 5.94. The summed E-state index contributed by atoms with van der Waals surface area (Å²) in [6, 6.07) is 1.28. The van der Waals surface area contributed by atoms with Crippen LogP contribution in [0.2, 0.25) is 0 Å². The van der Waals surface area contributed by atoms with Gasteiger partial charge >= 0.3 is 0 Å². The average molecular weight is 168 g/mol. The molecule has 2 rings (SSSR count). The van der Waals surface area contributed by atoms with Crippen molar-refractivity contribution in [2.24, 2.45) is 11.1 Å². The molecule has 0 aromatic rings. The molecule has 0 amide bonds. The van der Waals surface area contributed by atoms with E-state index in [1.165, 1.54) is 25.8 Å². The van der Waals surface area contributed by atoms with Gasteiger partial charge in [-0.05, 0) is 31.2 Å². The molecule has 2 atom stereocenters. The monoisotopic (exact) mass is 168 g/mol. The van der Waals surface area contributed by atoms with Crippen LogP contribution < -0.4 is 5.73 Å². The molecule has 2 aliphatic rings. The molecule has 2 heteroatoms. The number of hydrogen-bond acceptors (Lipinski definition) is 2. The average Bonchev–Trinajstić information content (AvgIpc) is 2.60. The molecular formula is C10H20N2. The highest BCUT2D eigenvalue weighted by molar-refractivity contribution is 5.04. The molecule has 1 aliphatic heterocycles. The molecule has 2 N–H and O–H groups in total. The minimum Gasteiger partial charge on any atom is -0.327 e. The first-order valence-corrected chi connectivity index (χ1v) is 5.09. The smallest absolute Gasteiger partial charge is 0.0168 e. The highest BCUT2D eigenvalue weighted by Crippen LogP contribution is 2.48. The quantitative estimate of drug-likeness (QED) is 0.637. The molecule has 2 fully saturated rings. The maximum Gasteiger partial charge on any atom is 0.0168 e. The van der Waals surface area contributed by atoms with Crippen LogP contribution in [0, 0.1) is 5.41 Å². The molecule has 1 aliphatic carbocycles. The van der Waals surface area contributed by atoms with Gasteiger partial charge in [0.1, 0.15) is 0 Å². The lowest BCUT2D eigenvalue weighted by Gasteiger charge is -2.31. The van der Waals surface area contributed by atoms with Crippen LogP contribution >= 0.6 is 0 Å². The molecule has 0 spiro atoms. The number of hydrogen-bond donors (Lipinski definition) is 1. The van der Waals surface area contributed by atoms with Crippen molar-refractivity contribution >= 4 is 0 Å². The van der Waals surface area contributed by atoms with E-state index in [2.05, 4.69) is 18.7 Å². The Morgan fingerprint density at radius 1 is 1.42 bits per heavy atom. The number of nitrogens with two attached hydrogens (primary N) is 1. The van der Waals surface area contributed by atoms with Gasteiger partial charge in [0, 0.05) is 18.6 Å². The summed E-state index contributed by atoms with van der Waals surface area (Å²) in [7, 11) is 0. The van der Waals surface area contributed by atoms with E-state index >= 15 is 0 Å². The van der Waals surface area contributed by atoms with E-state index in [0.29, 0.717) is 11.5 Å². The second-order valence-corrected chi connectivity index (χ2v) is 5.11. The van der Waals surface area contributed by atoms with E-state index in [9.17, 15) is 0 Å². The molecule has 1 saturated heterocycles. The molecule has 2 unspecified atom stereocenters. The number of nitrogens with zero attached hydrogens (tertiary/aromatic N) is 1. The molecule has 1 heterocycles. The lowest BCUT2D eigenvalue weighted by molar-refractivity contribution is 0.181. The molecule has 70 valence electrons. The van der Waals surface area contributed by atoms with Crippen molar-refractivity contribution in [2.45, 2.75) is 45.2 Å². The Hall–Kier alpha value is -0.0800. The van der Waals surface area contributed by atoms with Crippen LogP contribution in [0.25, 0.3) is 0 Å². The van der Waals surface area contributed by atoms with Gasteiger partial charge in [0.05, 0.1) is 0 Å². The molecular weight excluding hydrogens is 148 g/mol. The van der Waals surface area contributed by atoms with Gasteiger partial charge in [-0.3, -0.25) is 4.90 Å². The Kier molecular flexibility index (Phi) is 1.92. The van der Waals surface area contributed by atoms with Crippen molar-refractivity contribution in [3.63, 3.8) is 0 Å². The lowest BCUT2D eigenvalue weighted by Crippen LogP contribution is -2.44. The minimum absolute atomic E-state index is 0.440. The van der Waals surface area contributed by atoms with Crippen molar-refractivity contribution < 1.29 is 0 Å². The van der Waals surface area contributed by atoms with Crippen LogP contribution in [0.3, 0.4) is 0 Å². The second kappa shape index (κ2) is 2.71. The Morgan fingerprint density at radius 3 is 2.58 bits per heavy atom. The zero-order valence-electron chi connectivity index (χ0n) is 8.21. The Labute approximate surface area is 75.1 Å². The Balaban J connectivity index is 1.89. The van der Waals surface area contributed by atoms with E-state index in [1.54, 1.807) is 0 Å². The summed E-state index contributed by atoms with van der Waals surface area (Å²) < 4.78 is 0. The van der Waals surface area contributed by atoms with Crippen LogP contribution in [-0.2, 0) is 0 Å². The maximum absolute atomic E-state index is 5.94. The highest BCUT2D eigenvalue weighted by Gasteiger charge is 2.49. The summed E-state index contributed by atoms with van der Waals surface area (Å²) in [5.41, 5.74) is 6.52. The summed E-state index contributed by atoms with van der Waals surface area (Å²) in [4.78, 5) is 2.59. The Morgan fingerprint density at radius 2 is 2.08 bits per heavy atom. The van der Waals surface area contributed by atoms with Crippen molar-refractivity contribution in [2.75, 3.05) is 13.1 Å². The van der Waals surface area contributed by atoms with Gasteiger partial charge in [-0.15, -0.1) is 0 Å². The third kappa shape index (κ3) is 1.50. The molecule has 1 saturated carbocycles. The standard InChI is InChI=1S/C10H20N2/c1-10(2)6-9(10)12-5-3-4-8(11)7-12/h8-9H,3-7,11H2,1-2H3. The lowest BCUT2D eigenvalue weighted by atomic mass is 10.1. The fourth-order valence-electron chi connectivity index (χ4n) is 2.39. The van der Waals surface area contributed by atoms with E-state index < -0.39 is 0 Å². The zero-order valence-corrected chi connectivity index (χ0v) is 8.21. The summed E-state index contributed by atoms with van der Waals surface area (Å²) in [5.74, 6) is 0. The van der Waals surface area contributed by atoms with Crippen LogP contribution in [-0.4, -0.2) is 30.1 Å². The van der Waals surface area contributed by atoms with Crippen LogP contribution in [0.1, 0.15) is 33.1 Å². The van der Waals surface area contributed by atoms with Crippen LogP contribution in [0.15, 0.2) is 0 Å². The summed E-state index contributed by atoms with van der Waals surface area (Å²) in [6.07, 6.45) is 3.90. The fourth-order valence-corrected chi connectivity index (χ4v) is 2.39. The summed E-state index contributed by atoms with van der Waals surface area (Å²) in [5, 5.41) is 0. The number of likely N-dealkylation sites (tertiary alicyclic amines) is 1. The van der Waals surface area contributed by atoms with Gasteiger partial charge < -0.3 is 5.73 Å². The molecule has 0 aromatic heterocycles. The van der Waals surface area contributed by atoms with Crippen LogP contribution in [0.4, 0.5) is 0 Å². The molecule has 12 heavy (non-hydrogen) atoms. The zero-order chi connectivity index (χ0) is 8.77. The fraction of sp³-hybridized carbons (Fsp3) is 1.00. The van der Waals surface area contributed by atoms with E-state index in [0.717, 1.165) is 12.6 Å². The summed E-state index contributed by atoms with van der Waals surface area (Å²) >= 11 is 0. The predicted molar refractivity (Wildman–Crippen MR) is 51.0 cm³/mol. The van der Waals surface area contributed by atoms with E-state index in [4.69, 9.17) is 5.73 Å². The SMILES string of the molecule is CC1(C)CC1N1CCCC(N)C1. The van der Waals surface area contributed by atoms with Gasteiger partial charge in [0.25, 0.3) is 0 Å². The Bertz CT molecular complexity index is 177. The first-order chi connectivity index (χ1) is 5.59. The summed E-state index contributed by atoms with van der Waals surface area (Å²) in [6.45, 7) is 7.13. The van der Waals surface area contributed by atoms with Crippen molar-refractivity contribution in [1.82, 2.24) is 4.90 Å². The number of piperidine rings is 1. The normalized spacial score (nSPS) is 41.2. The first-order valence-electron chi connectivity index (χ1n) is 5.09. The van der Waals surface area contributed by atoms with Gasteiger partial charge in [0.2, 0.25) is 0 Å². The molecule has 0 radical (unpaired) electrons. The topological polar surface area (TPSA) is 29.3 Å². The second-order valence-electron chi connectivity index (χ2n) is 5.11. The van der Waals surface area contributed by atoms with Gasteiger partial charge in [0.15, 0.2) is 0 Å². The van der Waals surface area contributed by atoms with Gasteiger partial charge in [-0.25, -0.2) is 0 Å². The van der Waals surface area contributed by atoms with Gasteiger partial charge in [-0.1, -0.05) is 13.8 Å². The predicted octanol–water partition coefficient (Wildman–Crippen LogP) is 1.21. The molecule has 0 aromatic carbocycles. The van der Waals surface area contributed by atoms with Crippen molar-refractivity contribution in [3.8, 4) is 0 Å². The van der Waals surface area contributed by atoms with Crippen molar-refractivity contribution in [1.29, 1.82) is 0 Å². The number of rotatable bonds is 1. The molecule has 0 bridgehead atoms. The van der Waals surface area contributed by atoms with Crippen LogP contribution in [0.5, 0.6) is 0 Å². The van der Waals surface area contributed by atoms with E-state index in [1.807, 2.05) is 0 Å². The van der Waals surface area contributed by atoms with E-state index in [-0.39, 0.29) is 0 Å². The molecule has 2 nitrogen and oxygen atoms in total. The first kappa shape index (κ1) is 8.52. The van der Waals surface area contributed by atoms with Crippen molar-refractivity contribution in [3.05, 3.63) is 0 Å². The highest BCUT2D eigenvalue weighted by atomic mass is 15.2. The third-order valence-corrected chi connectivity index (χ3v) is 3.39. The minimum atomic E-state index is 0.440. The van der Waals surface area contributed by atoms with Gasteiger partial charge in [-0.2, -0.15) is 0 Å². The largest absolute Gasteiger partial charge is 0.327 e. The third-order valence-electron chi connectivity index (χ3n) is 3.39.